The van der Waals surface area contributed by atoms with Crippen molar-refractivity contribution in [2.24, 2.45) is 7.05 Å². The van der Waals surface area contributed by atoms with Gasteiger partial charge >= 0.3 is 5.69 Å². The molecular formula is C19H27N5O. The first-order valence-electron chi connectivity index (χ1n) is 9.49. The number of piperidine rings is 1. The molecule has 3 heterocycles. The van der Waals surface area contributed by atoms with Crippen LogP contribution in [0.1, 0.15) is 61.9 Å². The molecule has 25 heavy (non-hydrogen) atoms. The summed E-state index contributed by atoms with van der Waals surface area (Å²) in [5.74, 6) is 1.43. The van der Waals surface area contributed by atoms with E-state index < -0.39 is 0 Å². The monoisotopic (exact) mass is 341 g/mol. The Morgan fingerprint density at radius 3 is 2.60 bits per heavy atom. The molecule has 2 aromatic rings. The zero-order valence-electron chi connectivity index (χ0n) is 15.0. The van der Waals surface area contributed by atoms with Crippen LogP contribution in [0.15, 0.2) is 29.3 Å². The molecule has 4 rings (SSSR count). The molecule has 0 amide bonds. The Morgan fingerprint density at radius 2 is 1.92 bits per heavy atom. The van der Waals surface area contributed by atoms with Gasteiger partial charge in [-0.1, -0.05) is 18.9 Å². The number of aromatic nitrogens is 4. The molecule has 1 saturated heterocycles. The number of aryl methyl sites for hydroxylation is 1. The maximum Gasteiger partial charge on any atom is 0.345 e. The number of pyridine rings is 1. The van der Waals surface area contributed by atoms with Crippen LogP contribution < -0.4 is 5.69 Å². The van der Waals surface area contributed by atoms with Gasteiger partial charge in [0.15, 0.2) is 0 Å². The Balaban J connectivity index is 1.46. The van der Waals surface area contributed by atoms with Gasteiger partial charge in [-0.05, 0) is 50.4 Å². The summed E-state index contributed by atoms with van der Waals surface area (Å²) < 4.78 is 3.56. The third-order valence-electron chi connectivity index (χ3n) is 5.75. The molecule has 6 nitrogen and oxygen atoms in total. The molecule has 0 radical (unpaired) electrons. The van der Waals surface area contributed by atoms with Gasteiger partial charge in [-0.2, -0.15) is 5.10 Å². The van der Waals surface area contributed by atoms with Crippen molar-refractivity contribution >= 4 is 0 Å². The first-order valence-corrected chi connectivity index (χ1v) is 9.49. The Morgan fingerprint density at radius 1 is 1.16 bits per heavy atom. The van der Waals surface area contributed by atoms with Gasteiger partial charge in [0.2, 0.25) is 0 Å². The summed E-state index contributed by atoms with van der Waals surface area (Å²) in [5, 5.41) is 4.63. The fourth-order valence-electron chi connectivity index (χ4n) is 4.38. The van der Waals surface area contributed by atoms with E-state index in [9.17, 15) is 4.79 Å². The van der Waals surface area contributed by atoms with Crippen LogP contribution in [-0.2, 0) is 13.6 Å². The van der Waals surface area contributed by atoms with E-state index in [1.807, 2.05) is 23.0 Å². The minimum absolute atomic E-state index is 0.0692. The Kier molecular flexibility index (Phi) is 4.70. The molecule has 6 heteroatoms. The summed E-state index contributed by atoms with van der Waals surface area (Å²) in [5.41, 5.74) is 1.33. The molecule has 0 bridgehead atoms. The molecule has 1 aliphatic heterocycles. The minimum Gasteiger partial charge on any atom is -0.299 e. The molecule has 1 saturated carbocycles. The van der Waals surface area contributed by atoms with Gasteiger partial charge in [-0.25, -0.2) is 9.48 Å². The molecule has 2 fully saturated rings. The van der Waals surface area contributed by atoms with Crippen LogP contribution in [0.4, 0.5) is 0 Å². The van der Waals surface area contributed by atoms with Gasteiger partial charge in [0.1, 0.15) is 5.82 Å². The fraction of sp³-hybridized carbons (Fsp3) is 0.632. The molecule has 0 unspecified atom stereocenters. The van der Waals surface area contributed by atoms with Crippen molar-refractivity contribution in [1.82, 2.24) is 24.2 Å². The average Bonchev–Trinajstić information content (AvgIpc) is 3.25. The van der Waals surface area contributed by atoms with E-state index in [2.05, 4.69) is 21.0 Å². The maximum atomic E-state index is 12.6. The molecule has 2 aliphatic rings. The van der Waals surface area contributed by atoms with Gasteiger partial charge in [0.25, 0.3) is 0 Å². The van der Waals surface area contributed by atoms with Gasteiger partial charge in [0.05, 0.1) is 0 Å². The van der Waals surface area contributed by atoms with Crippen LogP contribution in [0, 0.1) is 0 Å². The molecule has 134 valence electrons. The van der Waals surface area contributed by atoms with Crippen molar-refractivity contribution in [3.63, 3.8) is 0 Å². The lowest BCUT2D eigenvalue weighted by Gasteiger charge is -2.32. The highest BCUT2D eigenvalue weighted by Crippen LogP contribution is 2.33. The number of rotatable bonds is 4. The second-order valence-corrected chi connectivity index (χ2v) is 7.48. The Labute approximate surface area is 148 Å². The molecule has 1 aliphatic carbocycles. The highest BCUT2D eigenvalue weighted by Gasteiger charge is 2.30. The van der Waals surface area contributed by atoms with Crippen LogP contribution in [0.3, 0.4) is 0 Å². The normalized spacial score (nSPS) is 20.4. The fourth-order valence-corrected chi connectivity index (χ4v) is 4.38. The van der Waals surface area contributed by atoms with Gasteiger partial charge < -0.3 is 0 Å². The van der Waals surface area contributed by atoms with Crippen molar-refractivity contribution in [3.8, 4) is 0 Å². The SMILES string of the molecule is Cn1nc(C2CCN(Cc3cccnc3)CC2)n(C2CCCC2)c1=O. The maximum absolute atomic E-state index is 12.6. The van der Waals surface area contributed by atoms with Gasteiger partial charge in [-0.3, -0.25) is 14.5 Å². The zero-order chi connectivity index (χ0) is 17.2. The summed E-state index contributed by atoms with van der Waals surface area (Å²) in [6.45, 7) is 3.06. The van der Waals surface area contributed by atoms with Crippen LogP contribution in [-0.4, -0.2) is 37.3 Å². The molecule has 2 aromatic heterocycles. The van der Waals surface area contributed by atoms with E-state index >= 15 is 0 Å². The van der Waals surface area contributed by atoms with Crippen molar-refractivity contribution in [2.75, 3.05) is 13.1 Å². The highest BCUT2D eigenvalue weighted by atomic mass is 16.2. The van der Waals surface area contributed by atoms with Crippen LogP contribution in [0.5, 0.6) is 0 Å². The average molecular weight is 341 g/mol. The smallest absolute Gasteiger partial charge is 0.299 e. The molecule has 0 N–H and O–H groups in total. The second-order valence-electron chi connectivity index (χ2n) is 7.48. The Hall–Kier alpha value is -1.95. The quantitative estimate of drug-likeness (QED) is 0.857. The summed E-state index contributed by atoms with van der Waals surface area (Å²) in [4.78, 5) is 19.3. The summed E-state index contributed by atoms with van der Waals surface area (Å²) in [6.07, 6.45) is 10.6. The van der Waals surface area contributed by atoms with E-state index in [1.54, 1.807) is 7.05 Å². The first-order chi connectivity index (χ1) is 12.2. The lowest BCUT2D eigenvalue weighted by atomic mass is 9.95. The van der Waals surface area contributed by atoms with Crippen LogP contribution >= 0.6 is 0 Å². The lowest BCUT2D eigenvalue weighted by Crippen LogP contribution is -2.34. The van der Waals surface area contributed by atoms with Crippen molar-refractivity contribution < 1.29 is 0 Å². The highest BCUT2D eigenvalue weighted by molar-refractivity contribution is 5.09. The number of hydrogen-bond acceptors (Lipinski definition) is 4. The third-order valence-corrected chi connectivity index (χ3v) is 5.75. The van der Waals surface area contributed by atoms with Crippen molar-refractivity contribution in [1.29, 1.82) is 0 Å². The molecule has 0 aromatic carbocycles. The number of hydrogen-bond donors (Lipinski definition) is 0. The molecule has 0 spiro atoms. The molecular weight excluding hydrogens is 314 g/mol. The zero-order valence-corrected chi connectivity index (χ0v) is 15.0. The summed E-state index contributed by atoms with van der Waals surface area (Å²) in [6, 6.07) is 4.50. The molecule has 0 atom stereocenters. The van der Waals surface area contributed by atoms with Gasteiger partial charge in [-0.15, -0.1) is 0 Å². The third kappa shape index (κ3) is 3.40. The lowest BCUT2D eigenvalue weighted by molar-refractivity contribution is 0.198. The topological polar surface area (TPSA) is 56.0 Å². The first kappa shape index (κ1) is 16.5. The van der Waals surface area contributed by atoms with E-state index in [1.165, 1.54) is 23.1 Å². The summed E-state index contributed by atoms with van der Waals surface area (Å²) >= 11 is 0. The minimum atomic E-state index is 0.0692. The van der Waals surface area contributed by atoms with Gasteiger partial charge in [0, 0.05) is 37.9 Å². The Bertz CT molecular complexity index is 752. The van der Waals surface area contributed by atoms with Crippen LogP contribution in [0.25, 0.3) is 0 Å². The van der Waals surface area contributed by atoms with E-state index in [-0.39, 0.29) is 5.69 Å². The van der Waals surface area contributed by atoms with Crippen molar-refractivity contribution in [2.45, 2.75) is 57.0 Å². The van der Waals surface area contributed by atoms with Crippen LogP contribution in [0.2, 0.25) is 0 Å². The van der Waals surface area contributed by atoms with E-state index in [4.69, 9.17) is 0 Å². The number of nitrogens with zero attached hydrogens (tertiary/aromatic N) is 5. The van der Waals surface area contributed by atoms with Crippen molar-refractivity contribution in [3.05, 3.63) is 46.4 Å². The number of likely N-dealkylation sites (tertiary alicyclic amines) is 1. The predicted octanol–water partition coefficient (Wildman–Crippen LogP) is 2.47. The predicted molar refractivity (Wildman–Crippen MR) is 96.5 cm³/mol. The largest absolute Gasteiger partial charge is 0.345 e. The van der Waals surface area contributed by atoms with E-state index in [0.29, 0.717) is 12.0 Å². The standard InChI is InChI=1S/C19H27N5O/c1-22-19(25)24(17-6-2-3-7-17)18(21-22)16-8-11-23(12-9-16)14-15-5-4-10-20-13-15/h4-5,10,13,16-17H,2-3,6-9,11-12,14H2,1H3. The second kappa shape index (κ2) is 7.12. The summed E-state index contributed by atoms with van der Waals surface area (Å²) in [7, 11) is 1.79. The van der Waals surface area contributed by atoms with E-state index in [0.717, 1.165) is 51.1 Å².